The van der Waals surface area contributed by atoms with Gasteiger partial charge in [0.15, 0.2) is 0 Å². The number of rotatable bonds is 3. The number of carbonyl (C=O) groups excluding carboxylic acids is 1. The summed E-state index contributed by atoms with van der Waals surface area (Å²) in [4.78, 5) is 9.83. The van der Waals surface area contributed by atoms with Crippen molar-refractivity contribution >= 4 is 53.1 Å². The summed E-state index contributed by atoms with van der Waals surface area (Å²) in [6.07, 6.45) is 4.11. The van der Waals surface area contributed by atoms with Gasteiger partial charge < -0.3 is 12.8 Å². The molecule has 0 radical (unpaired) electrons. The van der Waals surface area contributed by atoms with Gasteiger partial charge in [0, 0.05) is 10.4 Å². The third-order valence-electron chi connectivity index (χ3n) is 3.77. The molecule has 0 aliphatic heterocycles. The summed E-state index contributed by atoms with van der Waals surface area (Å²) in [5, 5.41) is 10.8. The predicted molar refractivity (Wildman–Crippen MR) is 136 cm³/mol. The van der Waals surface area contributed by atoms with Crippen molar-refractivity contribution in [2.75, 3.05) is 0 Å². The number of aldehydes is 1. The minimum atomic E-state index is -0.415. The van der Waals surface area contributed by atoms with E-state index in [4.69, 9.17) is 11.6 Å². The number of halogens is 1. The Morgan fingerprint density at radius 2 is 1.20 bits per heavy atom. The molecule has 2 aromatic rings. The van der Waals surface area contributed by atoms with Crippen molar-refractivity contribution in [2.45, 2.75) is 47.6 Å². The Bertz CT molecular complexity index is 762. The zero-order valence-electron chi connectivity index (χ0n) is 21.3. The average Bonchev–Trinajstić information content (AvgIpc) is 2.68. The quantitative estimate of drug-likeness (QED) is 0.396. The van der Waals surface area contributed by atoms with E-state index in [0.29, 0.717) is 0 Å². The van der Waals surface area contributed by atoms with Crippen LogP contribution in [0.2, 0.25) is 5.02 Å². The molecule has 1 atom stereocenters. The summed E-state index contributed by atoms with van der Waals surface area (Å²) in [5.74, 6) is 0. The zero-order valence-corrected chi connectivity index (χ0v) is 21.5. The third-order valence-corrected chi connectivity index (χ3v) is 4.02. The van der Waals surface area contributed by atoms with Gasteiger partial charge in [0.05, 0.1) is 6.10 Å². The number of benzene rings is 2. The summed E-state index contributed by atoms with van der Waals surface area (Å²) in [6.45, 7) is 19.0. The van der Waals surface area contributed by atoms with E-state index in [0.717, 1.165) is 28.0 Å². The number of aliphatic hydroxyl groups is 1. The van der Waals surface area contributed by atoms with Gasteiger partial charge in [-0.25, -0.2) is 0 Å². The topological polar surface area (TPSA) is 37.3 Å². The van der Waals surface area contributed by atoms with Crippen molar-refractivity contribution in [3.63, 3.8) is 0 Å². The Kier molecular flexibility index (Phi) is 15.0. The molecule has 0 spiro atoms. The molecule has 1 unspecified atom stereocenters. The number of hydrogen-bond donors (Lipinski definition) is 1. The van der Waals surface area contributed by atoms with Crippen LogP contribution in [0.25, 0.3) is 12.2 Å². The van der Waals surface area contributed by atoms with Crippen LogP contribution in [0.15, 0.2) is 61.7 Å². The Labute approximate surface area is 207 Å². The van der Waals surface area contributed by atoms with Crippen LogP contribution >= 0.6 is 11.6 Å². The van der Waals surface area contributed by atoms with Gasteiger partial charge in [-0.3, -0.25) is 0 Å². The van der Waals surface area contributed by atoms with E-state index in [1.807, 2.05) is 90.1 Å². The number of carbonyl (C=O) groups is 1. The van der Waals surface area contributed by atoms with E-state index in [1.165, 1.54) is 0 Å². The summed E-state index contributed by atoms with van der Waals surface area (Å²) in [5.41, 5.74) is 2.88. The molecule has 0 aromatic heterocycles. The largest absolute Gasteiger partial charge is 2.00 e. The minimum Gasteiger partial charge on any atom is -1.00 e. The van der Waals surface area contributed by atoms with Crippen LogP contribution in [-0.4, -0.2) is 34.4 Å². The first kappa shape index (κ1) is 30.8. The van der Waals surface area contributed by atoms with Crippen molar-refractivity contribution in [2.24, 2.45) is 10.8 Å². The maximum atomic E-state index is 9.99. The first-order valence-electron chi connectivity index (χ1n) is 9.59. The van der Waals surface area contributed by atoms with E-state index >= 15 is 0 Å². The number of hydrogen-bond acceptors (Lipinski definition) is 2. The molecule has 2 rings (SSSR count). The molecule has 2 aromatic carbocycles. The molecule has 0 saturated heterocycles. The van der Waals surface area contributed by atoms with Gasteiger partial charge >= 0.3 is 23.1 Å². The van der Waals surface area contributed by atoms with Crippen molar-refractivity contribution < 1.29 is 12.8 Å². The fourth-order valence-corrected chi connectivity index (χ4v) is 2.04. The molecule has 0 aliphatic carbocycles. The third kappa shape index (κ3) is 13.8. The Balaban J connectivity index is -0.000000191. The van der Waals surface area contributed by atoms with E-state index in [1.54, 1.807) is 12.2 Å². The van der Waals surface area contributed by atoms with Gasteiger partial charge in [-0.1, -0.05) is 115 Å². The second kappa shape index (κ2) is 14.6. The maximum absolute atomic E-state index is 9.99. The van der Waals surface area contributed by atoms with Crippen LogP contribution in [0.1, 0.15) is 67.2 Å². The molecule has 4 heteroatoms. The van der Waals surface area contributed by atoms with Gasteiger partial charge in [0.1, 0.15) is 6.29 Å². The van der Waals surface area contributed by atoms with Gasteiger partial charge in [0.2, 0.25) is 0 Å². The fraction of sp³-hybridized carbons (Fsp3) is 0.346. The van der Waals surface area contributed by atoms with E-state index in [-0.39, 0.29) is 36.7 Å². The Morgan fingerprint density at radius 3 is 1.47 bits per heavy atom. The van der Waals surface area contributed by atoms with Crippen LogP contribution in [0.3, 0.4) is 0 Å². The van der Waals surface area contributed by atoms with Crippen molar-refractivity contribution in [3.8, 4) is 0 Å². The van der Waals surface area contributed by atoms with Crippen LogP contribution in [0.4, 0.5) is 0 Å². The maximum Gasteiger partial charge on any atom is 2.00 e. The van der Waals surface area contributed by atoms with Crippen molar-refractivity contribution in [1.82, 2.24) is 0 Å². The first-order chi connectivity index (χ1) is 13.3. The summed E-state index contributed by atoms with van der Waals surface area (Å²) >= 11 is 5.63. The molecule has 0 amide bonds. The Morgan fingerprint density at radius 1 is 0.867 bits per heavy atom. The first-order valence-corrected chi connectivity index (χ1v) is 9.96. The van der Waals surface area contributed by atoms with Crippen molar-refractivity contribution in [3.05, 3.63) is 83.4 Å². The summed E-state index contributed by atoms with van der Waals surface area (Å²) < 4.78 is 0. The average molecular weight is 441 g/mol. The van der Waals surface area contributed by atoms with E-state index < -0.39 is 6.10 Å². The molecule has 0 heterocycles. The van der Waals surface area contributed by atoms with Crippen LogP contribution in [-0.2, 0) is 4.79 Å². The Hall–Kier alpha value is -1.39. The summed E-state index contributed by atoms with van der Waals surface area (Å²) in [6, 6.07) is 15.4. The van der Waals surface area contributed by atoms with Crippen molar-refractivity contribution in [1.29, 1.82) is 0 Å². The smallest absolute Gasteiger partial charge is 1.00 e. The second-order valence-electron chi connectivity index (χ2n) is 8.88. The van der Waals surface area contributed by atoms with Gasteiger partial charge in [-0.05, 0) is 34.2 Å². The zero-order chi connectivity index (χ0) is 22.7. The molecule has 162 valence electrons. The van der Waals surface area contributed by atoms with Gasteiger partial charge in [-0.15, -0.1) is 0 Å². The van der Waals surface area contributed by atoms with E-state index in [9.17, 15) is 9.90 Å². The molecule has 1 N–H and O–H groups in total. The second-order valence-corrected chi connectivity index (χ2v) is 9.32. The van der Waals surface area contributed by atoms with Gasteiger partial charge in [0.25, 0.3) is 0 Å². The van der Waals surface area contributed by atoms with Gasteiger partial charge in [-0.2, -0.15) is 0 Å². The molecule has 0 fully saturated rings. The molecule has 2 nitrogen and oxygen atoms in total. The molecule has 0 aliphatic rings. The summed E-state index contributed by atoms with van der Waals surface area (Å²) in [7, 11) is 0. The molecule has 0 saturated carbocycles. The fourth-order valence-electron chi connectivity index (χ4n) is 1.91. The standard InChI is InChI=1S/C13H18O.C8H7Cl.C5H10O.Mg.2H/c1-5-10-6-8-11(9-7-10)12(14)13(2,3)4;1-2-7-3-5-8(9)6-4-7;1-5(2,3)4-6;;;/h5-9,12,14H,1H2,2-4H3;2-6H,1H2;4H,1-3H3;;;/q;;;+2;2*-1. The normalized spacial score (nSPS) is 11.3. The van der Waals surface area contributed by atoms with E-state index in [2.05, 4.69) is 13.2 Å². The molecular weight excluding hydrogens is 404 g/mol. The monoisotopic (exact) mass is 440 g/mol. The van der Waals surface area contributed by atoms with Crippen LogP contribution < -0.4 is 0 Å². The SMILES string of the molecule is C=Cc1ccc(C(O)C(C)(C)C)cc1.C=Cc1ccc(Cl)cc1.CC(C)(C)C=O.[H-].[H-].[Mg+2]. The van der Waals surface area contributed by atoms with Crippen LogP contribution in [0.5, 0.6) is 0 Å². The predicted octanol–water partition coefficient (Wildman–Crippen LogP) is 7.47. The minimum absolute atomic E-state index is 0. The molecular formula is C26H37ClMgO2. The molecule has 30 heavy (non-hydrogen) atoms. The molecule has 0 bridgehead atoms. The van der Waals surface area contributed by atoms with Crippen LogP contribution in [0, 0.1) is 10.8 Å². The number of aliphatic hydroxyl groups excluding tert-OH is 1.